The number of carbonyl (C=O) groups excluding carboxylic acids is 1. The fourth-order valence-electron chi connectivity index (χ4n) is 2.47. The van der Waals surface area contributed by atoms with Crippen LogP contribution < -0.4 is 5.32 Å². The number of amides is 1. The predicted molar refractivity (Wildman–Crippen MR) is 87.2 cm³/mol. The van der Waals surface area contributed by atoms with Crippen molar-refractivity contribution >= 4 is 34.1 Å². The van der Waals surface area contributed by atoms with Crippen LogP contribution in [0.2, 0.25) is 5.02 Å². The van der Waals surface area contributed by atoms with Crippen molar-refractivity contribution in [3.05, 3.63) is 64.3 Å². The number of aromatic amines is 1. The minimum absolute atomic E-state index is 0.160. The molecule has 0 unspecified atom stereocenters. The molecule has 2 aromatic carbocycles. The third-order valence-corrected chi connectivity index (χ3v) is 3.54. The molecule has 3 rings (SSSR count). The second kappa shape index (κ2) is 5.26. The molecule has 0 saturated heterocycles. The second-order valence-corrected chi connectivity index (χ2v) is 5.68. The predicted octanol–water partition coefficient (Wildman–Crippen LogP) is 4.69. The molecular formula is C17H15ClN2O. The SMILES string of the molecule is Cc1cc(C)cc(NC(=O)c2cc3ccc(Cl)cc3[nH]2)c1. The van der Waals surface area contributed by atoms with E-state index in [-0.39, 0.29) is 5.91 Å². The van der Waals surface area contributed by atoms with Crippen LogP contribution in [0, 0.1) is 13.8 Å². The molecule has 0 saturated carbocycles. The smallest absolute Gasteiger partial charge is 0.272 e. The zero-order valence-corrected chi connectivity index (χ0v) is 12.6. The summed E-state index contributed by atoms with van der Waals surface area (Å²) in [6, 6.07) is 13.3. The zero-order chi connectivity index (χ0) is 15.0. The number of nitrogens with one attached hydrogen (secondary N) is 2. The van der Waals surface area contributed by atoms with Crippen molar-refractivity contribution in [2.75, 3.05) is 5.32 Å². The lowest BCUT2D eigenvalue weighted by molar-refractivity contribution is 0.102. The third-order valence-electron chi connectivity index (χ3n) is 3.31. The van der Waals surface area contributed by atoms with Crippen LogP contribution in [0.5, 0.6) is 0 Å². The van der Waals surface area contributed by atoms with E-state index in [1.54, 1.807) is 0 Å². The first-order valence-electron chi connectivity index (χ1n) is 6.69. The van der Waals surface area contributed by atoms with E-state index in [1.807, 2.05) is 50.2 Å². The third kappa shape index (κ3) is 2.93. The summed E-state index contributed by atoms with van der Waals surface area (Å²) in [7, 11) is 0. The standard InChI is InChI=1S/C17H15ClN2O/c1-10-5-11(2)7-14(6-10)19-17(21)16-8-12-3-4-13(18)9-15(12)20-16/h3-9,20H,1-2H3,(H,19,21). The van der Waals surface area contributed by atoms with Crippen molar-refractivity contribution in [1.82, 2.24) is 4.98 Å². The number of aryl methyl sites for hydroxylation is 2. The Morgan fingerprint density at radius 1 is 1.05 bits per heavy atom. The molecule has 2 N–H and O–H groups in total. The Morgan fingerprint density at radius 2 is 1.76 bits per heavy atom. The van der Waals surface area contributed by atoms with Crippen LogP contribution in [-0.2, 0) is 0 Å². The van der Waals surface area contributed by atoms with Crippen LogP contribution in [0.4, 0.5) is 5.69 Å². The van der Waals surface area contributed by atoms with Gasteiger partial charge in [0, 0.05) is 21.6 Å². The van der Waals surface area contributed by atoms with E-state index in [9.17, 15) is 4.79 Å². The van der Waals surface area contributed by atoms with Crippen LogP contribution in [0.1, 0.15) is 21.6 Å². The molecule has 1 aromatic heterocycles. The van der Waals surface area contributed by atoms with Crippen molar-refractivity contribution in [3.63, 3.8) is 0 Å². The van der Waals surface area contributed by atoms with Gasteiger partial charge in [-0.1, -0.05) is 23.7 Å². The van der Waals surface area contributed by atoms with Crippen LogP contribution >= 0.6 is 11.6 Å². The highest BCUT2D eigenvalue weighted by molar-refractivity contribution is 6.31. The van der Waals surface area contributed by atoms with Crippen LogP contribution in [0.3, 0.4) is 0 Å². The van der Waals surface area contributed by atoms with Gasteiger partial charge >= 0.3 is 0 Å². The van der Waals surface area contributed by atoms with E-state index in [2.05, 4.69) is 16.4 Å². The highest BCUT2D eigenvalue weighted by atomic mass is 35.5. The van der Waals surface area contributed by atoms with Gasteiger partial charge in [-0.3, -0.25) is 4.79 Å². The number of H-pyrrole nitrogens is 1. The molecule has 106 valence electrons. The van der Waals surface area contributed by atoms with Crippen molar-refractivity contribution < 1.29 is 4.79 Å². The number of carbonyl (C=O) groups is 1. The quantitative estimate of drug-likeness (QED) is 0.708. The number of rotatable bonds is 2. The first-order chi connectivity index (χ1) is 10.0. The average Bonchev–Trinajstić information content (AvgIpc) is 2.80. The first-order valence-corrected chi connectivity index (χ1v) is 7.07. The monoisotopic (exact) mass is 298 g/mol. The van der Waals surface area contributed by atoms with E-state index in [0.717, 1.165) is 27.7 Å². The molecule has 0 spiro atoms. The second-order valence-electron chi connectivity index (χ2n) is 5.25. The van der Waals surface area contributed by atoms with Gasteiger partial charge in [-0.2, -0.15) is 0 Å². The van der Waals surface area contributed by atoms with Crippen LogP contribution in [-0.4, -0.2) is 10.9 Å². The summed E-state index contributed by atoms with van der Waals surface area (Å²) in [4.78, 5) is 15.4. The largest absolute Gasteiger partial charge is 0.350 e. The van der Waals surface area contributed by atoms with E-state index in [0.29, 0.717) is 10.7 Å². The summed E-state index contributed by atoms with van der Waals surface area (Å²) >= 11 is 5.95. The first kappa shape index (κ1) is 13.7. The van der Waals surface area contributed by atoms with Crippen molar-refractivity contribution in [1.29, 1.82) is 0 Å². The molecule has 0 atom stereocenters. The molecule has 21 heavy (non-hydrogen) atoms. The highest BCUT2D eigenvalue weighted by Crippen LogP contribution is 2.21. The average molecular weight is 299 g/mol. The van der Waals surface area contributed by atoms with Crippen molar-refractivity contribution in [2.45, 2.75) is 13.8 Å². The van der Waals surface area contributed by atoms with Gasteiger partial charge in [-0.05, 0) is 55.3 Å². The fourth-order valence-corrected chi connectivity index (χ4v) is 2.64. The van der Waals surface area contributed by atoms with Gasteiger partial charge in [-0.25, -0.2) is 0 Å². The number of hydrogen-bond acceptors (Lipinski definition) is 1. The maximum absolute atomic E-state index is 12.3. The van der Waals surface area contributed by atoms with Crippen molar-refractivity contribution in [3.8, 4) is 0 Å². The Kier molecular flexibility index (Phi) is 3.43. The number of anilines is 1. The Morgan fingerprint density at radius 3 is 2.48 bits per heavy atom. The molecule has 0 fully saturated rings. The van der Waals surface area contributed by atoms with Gasteiger partial charge in [0.25, 0.3) is 5.91 Å². The summed E-state index contributed by atoms with van der Waals surface area (Å²) in [5.74, 6) is -0.160. The summed E-state index contributed by atoms with van der Waals surface area (Å²) in [6.07, 6.45) is 0. The maximum Gasteiger partial charge on any atom is 0.272 e. The maximum atomic E-state index is 12.3. The molecule has 4 heteroatoms. The zero-order valence-electron chi connectivity index (χ0n) is 11.8. The highest BCUT2D eigenvalue weighted by Gasteiger charge is 2.10. The molecule has 0 radical (unpaired) electrons. The fraction of sp³-hybridized carbons (Fsp3) is 0.118. The van der Waals surface area contributed by atoms with Gasteiger partial charge < -0.3 is 10.3 Å². The Balaban J connectivity index is 1.89. The number of aromatic nitrogens is 1. The van der Waals surface area contributed by atoms with Gasteiger partial charge in [0.15, 0.2) is 0 Å². The van der Waals surface area contributed by atoms with E-state index < -0.39 is 0 Å². The Hall–Kier alpha value is -2.26. The van der Waals surface area contributed by atoms with Crippen LogP contribution in [0.25, 0.3) is 10.9 Å². The molecule has 0 bridgehead atoms. The molecule has 0 aliphatic heterocycles. The Bertz CT molecular complexity index is 816. The molecule has 3 aromatic rings. The van der Waals surface area contributed by atoms with Gasteiger partial charge in [0.1, 0.15) is 5.69 Å². The van der Waals surface area contributed by atoms with E-state index in [4.69, 9.17) is 11.6 Å². The molecule has 1 heterocycles. The molecule has 1 amide bonds. The number of hydrogen-bond donors (Lipinski definition) is 2. The molecule has 3 nitrogen and oxygen atoms in total. The molecule has 0 aliphatic rings. The lowest BCUT2D eigenvalue weighted by Crippen LogP contribution is -2.12. The van der Waals surface area contributed by atoms with Gasteiger partial charge in [-0.15, -0.1) is 0 Å². The topological polar surface area (TPSA) is 44.9 Å². The number of halogens is 1. The lowest BCUT2D eigenvalue weighted by Gasteiger charge is -2.06. The van der Waals surface area contributed by atoms with Gasteiger partial charge in [0.2, 0.25) is 0 Å². The Labute approximate surface area is 127 Å². The summed E-state index contributed by atoms with van der Waals surface area (Å²) in [5, 5.41) is 4.52. The molecular weight excluding hydrogens is 284 g/mol. The van der Waals surface area contributed by atoms with Gasteiger partial charge in [0.05, 0.1) is 0 Å². The van der Waals surface area contributed by atoms with E-state index >= 15 is 0 Å². The summed E-state index contributed by atoms with van der Waals surface area (Å²) in [6.45, 7) is 4.02. The van der Waals surface area contributed by atoms with E-state index in [1.165, 1.54) is 0 Å². The summed E-state index contributed by atoms with van der Waals surface area (Å²) in [5.41, 5.74) is 4.41. The number of benzene rings is 2. The summed E-state index contributed by atoms with van der Waals surface area (Å²) < 4.78 is 0. The minimum atomic E-state index is -0.160. The normalized spacial score (nSPS) is 10.8. The molecule has 0 aliphatic carbocycles. The van der Waals surface area contributed by atoms with Crippen LogP contribution in [0.15, 0.2) is 42.5 Å². The minimum Gasteiger partial charge on any atom is -0.350 e. The number of fused-ring (bicyclic) bond motifs is 1. The lowest BCUT2D eigenvalue weighted by atomic mass is 10.1. The van der Waals surface area contributed by atoms with Crippen molar-refractivity contribution in [2.24, 2.45) is 0 Å².